The van der Waals surface area contributed by atoms with Crippen LogP contribution < -0.4 is 10.5 Å². The maximum Gasteiger partial charge on any atom is 0.267 e. The van der Waals surface area contributed by atoms with Crippen molar-refractivity contribution in [1.82, 2.24) is 19.7 Å². The van der Waals surface area contributed by atoms with E-state index in [1.807, 2.05) is 24.3 Å². The Morgan fingerprint density at radius 1 is 1.21 bits per heavy atom. The third-order valence-corrected chi connectivity index (χ3v) is 4.40. The molecule has 0 saturated heterocycles. The van der Waals surface area contributed by atoms with Crippen molar-refractivity contribution in [1.29, 1.82) is 0 Å². The highest BCUT2D eigenvalue weighted by Crippen LogP contribution is 2.26. The molecule has 122 valence electrons. The SMILES string of the molecule is CCCn1nc2c(cc1=O)CN(c1ncnc3ccccc13)CC2. The van der Waals surface area contributed by atoms with Crippen molar-refractivity contribution in [2.24, 2.45) is 0 Å². The third-order valence-electron chi connectivity index (χ3n) is 4.40. The first-order valence-electron chi connectivity index (χ1n) is 8.31. The number of hydrogen-bond acceptors (Lipinski definition) is 5. The number of anilines is 1. The van der Waals surface area contributed by atoms with Gasteiger partial charge in [0, 0.05) is 43.1 Å². The summed E-state index contributed by atoms with van der Waals surface area (Å²) in [5, 5.41) is 5.58. The molecule has 24 heavy (non-hydrogen) atoms. The average Bonchev–Trinajstić information content (AvgIpc) is 2.62. The molecule has 4 rings (SSSR count). The first-order valence-corrected chi connectivity index (χ1v) is 8.31. The predicted molar refractivity (Wildman–Crippen MR) is 93.1 cm³/mol. The van der Waals surface area contributed by atoms with E-state index in [0.717, 1.165) is 47.4 Å². The van der Waals surface area contributed by atoms with Gasteiger partial charge in [0.15, 0.2) is 0 Å². The van der Waals surface area contributed by atoms with Gasteiger partial charge in [-0.1, -0.05) is 19.1 Å². The molecule has 0 aliphatic carbocycles. The Morgan fingerprint density at radius 3 is 2.96 bits per heavy atom. The van der Waals surface area contributed by atoms with Crippen molar-refractivity contribution in [2.75, 3.05) is 11.4 Å². The number of fused-ring (bicyclic) bond motifs is 2. The zero-order valence-electron chi connectivity index (χ0n) is 13.6. The van der Waals surface area contributed by atoms with E-state index in [1.54, 1.807) is 17.1 Å². The fraction of sp³-hybridized carbons (Fsp3) is 0.333. The average molecular weight is 321 g/mol. The number of para-hydroxylation sites is 1. The van der Waals surface area contributed by atoms with Gasteiger partial charge in [-0.05, 0) is 18.6 Å². The second-order valence-electron chi connectivity index (χ2n) is 6.06. The van der Waals surface area contributed by atoms with Crippen LogP contribution in [-0.4, -0.2) is 26.3 Å². The van der Waals surface area contributed by atoms with Gasteiger partial charge < -0.3 is 4.90 Å². The first-order chi connectivity index (χ1) is 11.8. The maximum absolute atomic E-state index is 12.2. The number of hydrogen-bond donors (Lipinski definition) is 0. The molecule has 0 saturated carbocycles. The summed E-state index contributed by atoms with van der Waals surface area (Å²) in [6.45, 7) is 4.22. The van der Waals surface area contributed by atoms with Gasteiger partial charge in [-0.25, -0.2) is 14.6 Å². The highest BCUT2D eigenvalue weighted by Gasteiger charge is 2.21. The molecule has 3 heterocycles. The quantitative estimate of drug-likeness (QED) is 0.740. The molecular weight excluding hydrogens is 302 g/mol. The molecular formula is C18H19N5O. The molecule has 0 unspecified atom stereocenters. The molecule has 2 aromatic heterocycles. The molecule has 0 N–H and O–H groups in total. The van der Waals surface area contributed by atoms with E-state index in [-0.39, 0.29) is 5.56 Å². The van der Waals surface area contributed by atoms with Crippen LogP contribution in [0.2, 0.25) is 0 Å². The Morgan fingerprint density at radius 2 is 2.08 bits per heavy atom. The summed E-state index contributed by atoms with van der Waals surface area (Å²) < 4.78 is 1.58. The number of aryl methyl sites for hydroxylation is 1. The lowest BCUT2D eigenvalue weighted by atomic mass is 10.1. The zero-order chi connectivity index (χ0) is 16.5. The molecule has 6 heteroatoms. The molecule has 3 aromatic rings. The Labute approximate surface area is 139 Å². The fourth-order valence-corrected chi connectivity index (χ4v) is 3.23. The Balaban J connectivity index is 1.71. The van der Waals surface area contributed by atoms with Crippen molar-refractivity contribution in [3.05, 3.63) is 58.3 Å². The second kappa shape index (κ2) is 6.03. The van der Waals surface area contributed by atoms with Crippen molar-refractivity contribution < 1.29 is 0 Å². The van der Waals surface area contributed by atoms with Gasteiger partial charge in [0.1, 0.15) is 12.1 Å². The van der Waals surface area contributed by atoms with Crippen LogP contribution >= 0.6 is 0 Å². The smallest absolute Gasteiger partial charge is 0.267 e. The largest absolute Gasteiger partial charge is 0.351 e. The van der Waals surface area contributed by atoms with E-state index in [4.69, 9.17) is 0 Å². The Hall–Kier alpha value is -2.76. The van der Waals surface area contributed by atoms with E-state index >= 15 is 0 Å². The van der Waals surface area contributed by atoms with E-state index < -0.39 is 0 Å². The predicted octanol–water partition coefficient (Wildman–Crippen LogP) is 2.16. The van der Waals surface area contributed by atoms with Gasteiger partial charge in [0.2, 0.25) is 0 Å². The van der Waals surface area contributed by atoms with Crippen LogP contribution in [0.15, 0.2) is 41.5 Å². The molecule has 0 spiro atoms. The Kier molecular flexibility index (Phi) is 3.72. The molecule has 0 amide bonds. The molecule has 6 nitrogen and oxygen atoms in total. The van der Waals surface area contributed by atoms with Gasteiger partial charge in [-0.3, -0.25) is 4.79 Å². The lowest BCUT2D eigenvalue weighted by Crippen LogP contribution is -2.35. The van der Waals surface area contributed by atoms with Gasteiger partial charge in [-0.15, -0.1) is 0 Å². The minimum atomic E-state index is -0.0232. The molecule has 0 atom stereocenters. The van der Waals surface area contributed by atoms with Crippen LogP contribution in [0.4, 0.5) is 5.82 Å². The maximum atomic E-state index is 12.2. The minimum absolute atomic E-state index is 0.0232. The van der Waals surface area contributed by atoms with Crippen LogP contribution in [0.3, 0.4) is 0 Å². The second-order valence-corrected chi connectivity index (χ2v) is 6.06. The first kappa shape index (κ1) is 14.8. The summed E-state index contributed by atoms with van der Waals surface area (Å²) in [6.07, 6.45) is 3.33. The molecule has 0 bridgehead atoms. The lowest BCUT2D eigenvalue weighted by Gasteiger charge is -2.29. The normalized spacial score (nSPS) is 14.0. The summed E-state index contributed by atoms with van der Waals surface area (Å²) in [5.41, 5.74) is 2.94. The van der Waals surface area contributed by atoms with Crippen LogP contribution in [0.5, 0.6) is 0 Å². The summed E-state index contributed by atoms with van der Waals surface area (Å²) in [4.78, 5) is 23.2. The van der Waals surface area contributed by atoms with E-state index in [1.165, 1.54) is 0 Å². The van der Waals surface area contributed by atoms with Crippen molar-refractivity contribution >= 4 is 16.7 Å². The number of rotatable bonds is 3. The molecule has 0 radical (unpaired) electrons. The number of aromatic nitrogens is 4. The van der Waals surface area contributed by atoms with Gasteiger partial charge in [-0.2, -0.15) is 5.10 Å². The standard InChI is InChI=1S/C18H19N5O/c1-2-8-23-17(24)10-13-11-22(9-7-15(13)21-23)18-14-5-3-4-6-16(14)19-12-20-18/h3-6,10,12H,2,7-9,11H2,1H3. The molecule has 1 aromatic carbocycles. The van der Waals surface area contributed by atoms with Crippen molar-refractivity contribution in [3.8, 4) is 0 Å². The van der Waals surface area contributed by atoms with Gasteiger partial charge in [0.05, 0.1) is 11.2 Å². The van der Waals surface area contributed by atoms with Gasteiger partial charge >= 0.3 is 0 Å². The molecule has 1 aliphatic rings. The van der Waals surface area contributed by atoms with E-state index in [0.29, 0.717) is 13.1 Å². The van der Waals surface area contributed by atoms with Crippen LogP contribution in [-0.2, 0) is 19.5 Å². The van der Waals surface area contributed by atoms with Crippen molar-refractivity contribution in [2.45, 2.75) is 32.9 Å². The third kappa shape index (κ3) is 2.54. The monoisotopic (exact) mass is 321 g/mol. The highest BCUT2D eigenvalue weighted by molar-refractivity contribution is 5.89. The summed E-state index contributed by atoms with van der Waals surface area (Å²) in [6, 6.07) is 9.73. The molecule has 0 fully saturated rings. The summed E-state index contributed by atoms with van der Waals surface area (Å²) in [7, 11) is 0. The number of benzene rings is 1. The topological polar surface area (TPSA) is 63.9 Å². The van der Waals surface area contributed by atoms with Crippen molar-refractivity contribution in [3.63, 3.8) is 0 Å². The van der Waals surface area contributed by atoms with E-state index in [2.05, 4.69) is 26.9 Å². The van der Waals surface area contributed by atoms with Gasteiger partial charge in [0.25, 0.3) is 5.56 Å². The minimum Gasteiger partial charge on any atom is -0.351 e. The van der Waals surface area contributed by atoms with Crippen LogP contribution in [0.25, 0.3) is 10.9 Å². The number of nitrogens with zero attached hydrogens (tertiary/aromatic N) is 5. The zero-order valence-corrected chi connectivity index (χ0v) is 13.6. The molecule has 1 aliphatic heterocycles. The van der Waals surface area contributed by atoms with Crippen LogP contribution in [0, 0.1) is 0 Å². The lowest BCUT2D eigenvalue weighted by molar-refractivity contribution is 0.539. The van der Waals surface area contributed by atoms with E-state index in [9.17, 15) is 4.79 Å². The summed E-state index contributed by atoms with van der Waals surface area (Å²) in [5.74, 6) is 0.920. The summed E-state index contributed by atoms with van der Waals surface area (Å²) >= 11 is 0. The van der Waals surface area contributed by atoms with Crippen LogP contribution in [0.1, 0.15) is 24.6 Å². The Bertz CT molecular complexity index is 944. The fourth-order valence-electron chi connectivity index (χ4n) is 3.23. The highest BCUT2D eigenvalue weighted by atomic mass is 16.1.